The Labute approximate surface area is 128 Å². The molecule has 0 spiro atoms. The molecule has 0 unspecified atom stereocenters. The van der Waals surface area contributed by atoms with E-state index in [1.165, 1.54) is 5.56 Å². The summed E-state index contributed by atoms with van der Waals surface area (Å²) in [6, 6.07) is 2.06. The van der Waals surface area contributed by atoms with E-state index in [2.05, 4.69) is 31.1 Å². The molecule has 2 aromatic heterocycles. The average molecular weight is 305 g/mol. The maximum atomic E-state index is 12.3. The molecule has 1 aliphatic rings. The van der Waals surface area contributed by atoms with E-state index in [0.29, 0.717) is 19.6 Å². The largest absolute Gasteiger partial charge is 0.340 e. The van der Waals surface area contributed by atoms with Crippen molar-refractivity contribution in [3.05, 3.63) is 34.0 Å². The zero-order valence-electron chi connectivity index (χ0n) is 12.3. The Morgan fingerprint density at radius 2 is 2.29 bits per heavy atom. The van der Waals surface area contributed by atoms with Crippen molar-refractivity contribution in [2.75, 3.05) is 20.1 Å². The molecule has 0 fully saturated rings. The molecule has 7 heteroatoms. The molecule has 0 aromatic carbocycles. The van der Waals surface area contributed by atoms with E-state index in [4.69, 9.17) is 0 Å². The third kappa shape index (κ3) is 3.14. The summed E-state index contributed by atoms with van der Waals surface area (Å²) < 4.78 is 2.12. The second-order valence-corrected chi connectivity index (χ2v) is 6.19. The Morgan fingerprint density at radius 1 is 1.43 bits per heavy atom. The van der Waals surface area contributed by atoms with Gasteiger partial charge in [-0.15, -0.1) is 10.2 Å². The van der Waals surface area contributed by atoms with Crippen LogP contribution in [0.25, 0.3) is 0 Å². The Bertz CT molecular complexity index is 621. The lowest BCUT2D eigenvalue weighted by Crippen LogP contribution is -2.42. The van der Waals surface area contributed by atoms with Crippen LogP contribution >= 0.6 is 11.3 Å². The number of amides is 1. The molecular weight excluding hydrogens is 286 g/mol. The number of aromatic nitrogens is 3. The van der Waals surface area contributed by atoms with Crippen molar-refractivity contribution in [2.24, 2.45) is 0 Å². The van der Waals surface area contributed by atoms with E-state index < -0.39 is 0 Å². The zero-order valence-corrected chi connectivity index (χ0v) is 13.1. The van der Waals surface area contributed by atoms with E-state index in [0.717, 1.165) is 24.7 Å². The van der Waals surface area contributed by atoms with Gasteiger partial charge in [0.2, 0.25) is 5.91 Å². The van der Waals surface area contributed by atoms with Crippen molar-refractivity contribution in [1.82, 2.24) is 24.6 Å². The smallest absolute Gasteiger partial charge is 0.236 e. The monoisotopic (exact) mass is 305 g/mol. The third-order valence-corrected chi connectivity index (χ3v) is 4.53. The van der Waals surface area contributed by atoms with Crippen LogP contribution in [0.2, 0.25) is 0 Å². The van der Waals surface area contributed by atoms with Crippen molar-refractivity contribution in [1.29, 1.82) is 0 Å². The Hall–Kier alpha value is -1.73. The molecule has 1 aliphatic heterocycles. The Morgan fingerprint density at radius 3 is 3.05 bits per heavy atom. The number of carbonyl (C=O) groups excluding carboxylic acids is 1. The lowest BCUT2D eigenvalue weighted by Gasteiger charge is -2.28. The standard InChI is InChI=1S/C14H19N5OS/c1-11-15-16-13-8-18(4-5-19(11)13)9-14(20)17(2)7-12-3-6-21-10-12/h3,6,10H,4-5,7-9H2,1-2H3. The number of likely N-dealkylation sites (N-methyl/N-ethyl adjacent to an activating group) is 1. The van der Waals surface area contributed by atoms with Gasteiger partial charge in [0, 0.05) is 26.7 Å². The predicted molar refractivity (Wildman–Crippen MR) is 80.8 cm³/mol. The van der Waals surface area contributed by atoms with E-state index in [-0.39, 0.29) is 5.91 Å². The number of hydrogen-bond donors (Lipinski definition) is 0. The van der Waals surface area contributed by atoms with E-state index in [9.17, 15) is 4.79 Å². The molecule has 0 atom stereocenters. The summed E-state index contributed by atoms with van der Waals surface area (Å²) in [5, 5.41) is 12.4. The molecule has 112 valence electrons. The first-order chi connectivity index (χ1) is 10.1. The van der Waals surface area contributed by atoms with Crippen LogP contribution < -0.4 is 0 Å². The lowest BCUT2D eigenvalue weighted by atomic mass is 10.3. The summed E-state index contributed by atoms with van der Waals surface area (Å²) in [5.41, 5.74) is 1.19. The topological polar surface area (TPSA) is 54.3 Å². The van der Waals surface area contributed by atoms with Crippen molar-refractivity contribution < 1.29 is 4.79 Å². The molecule has 0 saturated heterocycles. The van der Waals surface area contributed by atoms with Gasteiger partial charge in [-0.05, 0) is 29.3 Å². The maximum absolute atomic E-state index is 12.3. The van der Waals surface area contributed by atoms with E-state index in [1.54, 1.807) is 16.2 Å². The van der Waals surface area contributed by atoms with Crippen LogP contribution in [0.5, 0.6) is 0 Å². The van der Waals surface area contributed by atoms with Gasteiger partial charge in [0.05, 0.1) is 13.1 Å². The van der Waals surface area contributed by atoms with Gasteiger partial charge in [-0.25, -0.2) is 0 Å². The fourth-order valence-corrected chi connectivity index (χ4v) is 3.20. The molecule has 1 amide bonds. The van der Waals surface area contributed by atoms with Crippen molar-refractivity contribution in [2.45, 2.75) is 26.6 Å². The highest BCUT2D eigenvalue weighted by Crippen LogP contribution is 2.13. The number of nitrogens with zero attached hydrogens (tertiary/aromatic N) is 5. The molecule has 3 rings (SSSR count). The van der Waals surface area contributed by atoms with Crippen LogP contribution in [0.4, 0.5) is 0 Å². The summed E-state index contributed by atoms with van der Waals surface area (Å²) in [6.45, 7) is 5.49. The van der Waals surface area contributed by atoms with Crippen molar-refractivity contribution in [3.8, 4) is 0 Å². The van der Waals surface area contributed by atoms with E-state index >= 15 is 0 Å². The number of fused-ring (bicyclic) bond motifs is 1. The highest BCUT2D eigenvalue weighted by Gasteiger charge is 2.22. The fraction of sp³-hybridized carbons (Fsp3) is 0.500. The Kier molecular flexibility index (Phi) is 4.03. The Balaban J connectivity index is 1.56. The number of carbonyl (C=O) groups is 1. The number of hydrogen-bond acceptors (Lipinski definition) is 5. The summed E-state index contributed by atoms with van der Waals surface area (Å²) in [5.74, 6) is 2.04. The first-order valence-electron chi connectivity index (χ1n) is 6.99. The average Bonchev–Trinajstić information content (AvgIpc) is 3.09. The minimum absolute atomic E-state index is 0.144. The zero-order chi connectivity index (χ0) is 14.8. The van der Waals surface area contributed by atoms with Crippen LogP contribution in [0.1, 0.15) is 17.2 Å². The van der Waals surface area contributed by atoms with Crippen molar-refractivity contribution >= 4 is 17.2 Å². The van der Waals surface area contributed by atoms with Gasteiger partial charge < -0.3 is 9.47 Å². The molecular formula is C14H19N5OS. The summed E-state index contributed by atoms with van der Waals surface area (Å²) >= 11 is 1.66. The second kappa shape index (κ2) is 5.95. The highest BCUT2D eigenvalue weighted by atomic mass is 32.1. The van der Waals surface area contributed by atoms with Gasteiger partial charge in [-0.3, -0.25) is 9.69 Å². The molecule has 2 aromatic rings. The molecule has 6 nitrogen and oxygen atoms in total. The van der Waals surface area contributed by atoms with Gasteiger partial charge in [0.25, 0.3) is 0 Å². The van der Waals surface area contributed by atoms with E-state index in [1.807, 2.05) is 19.4 Å². The summed E-state index contributed by atoms with van der Waals surface area (Å²) in [4.78, 5) is 16.2. The molecule has 0 bridgehead atoms. The maximum Gasteiger partial charge on any atom is 0.236 e. The minimum Gasteiger partial charge on any atom is -0.340 e. The normalized spacial score (nSPS) is 15.0. The van der Waals surface area contributed by atoms with Gasteiger partial charge in [0.1, 0.15) is 11.6 Å². The van der Waals surface area contributed by atoms with Gasteiger partial charge in [-0.2, -0.15) is 11.3 Å². The molecule has 0 N–H and O–H groups in total. The third-order valence-electron chi connectivity index (χ3n) is 3.80. The van der Waals surface area contributed by atoms with Crippen LogP contribution in [0.3, 0.4) is 0 Å². The number of thiophene rings is 1. The lowest BCUT2D eigenvalue weighted by molar-refractivity contribution is -0.132. The summed E-state index contributed by atoms with van der Waals surface area (Å²) in [7, 11) is 1.86. The second-order valence-electron chi connectivity index (χ2n) is 5.41. The predicted octanol–water partition coefficient (Wildman–Crippen LogP) is 1.12. The first kappa shape index (κ1) is 14.2. The van der Waals surface area contributed by atoms with Crippen LogP contribution in [0, 0.1) is 6.92 Å². The van der Waals surface area contributed by atoms with Gasteiger partial charge >= 0.3 is 0 Å². The molecule has 0 aliphatic carbocycles. The minimum atomic E-state index is 0.144. The van der Waals surface area contributed by atoms with Crippen LogP contribution in [-0.2, 0) is 24.4 Å². The molecule has 0 saturated carbocycles. The number of rotatable bonds is 4. The van der Waals surface area contributed by atoms with Crippen LogP contribution in [-0.4, -0.2) is 50.6 Å². The van der Waals surface area contributed by atoms with Crippen molar-refractivity contribution in [3.63, 3.8) is 0 Å². The fourth-order valence-electron chi connectivity index (χ4n) is 2.54. The quantitative estimate of drug-likeness (QED) is 0.849. The molecule has 0 radical (unpaired) electrons. The van der Waals surface area contributed by atoms with Gasteiger partial charge in [-0.1, -0.05) is 0 Å². The van der Waals surface area contributed by atoms with Gasteiger partial charge in [0.15, 0.2) is 0 Å². The van der Waals surface area contributed by atoms with Crippen LogP contribution in [0.15, 0.2) is 16.8 Å². The molecule has 3 heterocycles. The highest BCUT2D eigenvalue weighted by molar-refractivity contribution is 7.07. The number of aryl methyl sites for hydroxylation is 1. The molecule has 21 heavy (non-hydrogen) atoms. The summed E-state index contributed by atoms with van der Waals surface area (Å²) in [6.07, 6.45) is 0. The first-order valence-corrected chi connectivity index (χ1v) is 7.94. The SMILES string of the molecule is Cc1nnc2n1CCN(CC(=O)N(C)Cc1ccsc1)C2.